The first-order chi connectivity index (χ1) is 8.39. The molecule has 0 unspecified atom stereocenters. The quantitative estimate of drug-likeness (QED) is 0.839. The first kappa shape index (κ1) is 11.2. The molecule has 1 aromatic carbocycles. The van der Waals surface area contributed by atoms with Crippen molar-refractivity contribution < 1.29 is 0 Å². The molecule has 0 saturated carbocycles. The van der Waals surface area contributed by atoms with E-state index in [0.29, 0.717) is 5.54 Å². The molecule has 2 fully saturated rings. The summed E-state index contributed by atoms with van der Waals surface area (Å²) in [6.07, 6.45) is 5.47. The van der Waals surface area contributed by atoms with Gasteiger partial charge in [0.05, 0.1) is 0 Å². The van der Waals surface area contributed by atoms with E-state index in [9.17, 15) is 0 Å². The van der Waals surface area contributed by atoms with E-state index in [1.165, 1.54) is 50.9 Å². The van der Waals surface area contributed by atoms with Gasteiger partial charge in [-0.25, -0.2) is 0 Å². The van der Waals surface area contributed by atoms with Gasteiger partial charge in [0, 0.05) is 18.6 Å². The monoisotopic (exact) mass is 230 g/mol. The van der Waals surface area contributed by atoms with Crippen LogP contribution in [-0.2, 0) is 6.54 Å². The van der Waals surface area contributed by atoms with Crippen molar-refractivity contribution >= 4 is 0 Å². The molecule has 1 aromatic rings. The molecule has 0 aliphatic carbocycles. The average Bonchev–Trinajstić information content (AvgIpc) is 2.74. The van der Waals surface area contributed by atoms with Crippen LogP contribution >= 0.6 is 0 Å². The summed E-state index contributed by atoms with van der Waals surface area (Å²) in [4.78, 5) is 2.72. The summed E-state index contributed by atoms with van der Waals surface area (Å²) >= 11 is 0. The molecular weight excluding hydrogens is 208 g/mol. The lowest BCUT2D eigenvalue weighted by Crippen LogP contribution is -2.53. The van der Waals surface area contributed by atoms with Crippen LogP contribution in [0.25, 0.3) is 0 Å². The maximum atomic E-state index is 3.59. The van der Waals surface area contributed by atoms with Gasteiger partial charge in [-0.05, 0) is 44.3 Å². The Morgan fingerprint density at radius 3 is 2.71 bits per heavy atom. The zero-order chi connectivity index (χ0) is 11.6. The van der Waals surface area contributed by atoms with Crippen molar-refractivity contribution in [1.82, 2.24) is 10.2 Å². The van der Waals surface area contributed by atoms with Crippen molar-refractivity contribution in [3.63, 3.8) is 0 Å². The zero-order valence-corrected chi connectivity index (χ0v) is 10.5. The molecule has 92 valence electrons. The number of piperidine rings is 1. The highest BCUT2D eigenvalue weighted by Crippen LogP contribution is 2.35. The van der Waals surface area contributed by atoms with Crippen molar-refractivity contribution in [2.24, 2.45) is 0 Å². The SMILES string of the molecule is c1ccc(CN2CCC[C@]23CCCNC3)cc1. The number of nitrogens with one attached hydrogen (secondary N) is 1. The minimum Gasteiger partial charge on any atom is -0.315 e. The summed E-state index contributed by atoms with van der Waals surface area (Å²) in [5, 5.41) is 3.59. The summed E-state index contributed by atoms with van der Waals surface area (Å²) in [5.74, 6) is 0. The maximum absolute atomic E-state index is 3.59. The third kappa shape index (κ3) is 2.24. The number of likely N-dealkylation sites (tertiary alicyclic amines) is 1. The number of rotatable bonds is 2. The minimum absolute atomic E-state index is 0.466. The summed E-state index contributed by atoms with van der Waals surface area (Å²) in [6.45, 7) is 4.81. The summed E-state index contributed by atoms with van der Waals surface area (Å²) in [7, 11) is 0. The van der Waals surface area contributed by atoms with Gasteiger partial charge >= 0.3 is 0 Å². The summed E-state index contributed by atoms with van der Waals surface area (Å²) in [5.41, 5.74) is 1.92. The Balaban J connectivity index is 1.73. The van der Waals surface area contributed by atoms with E-state index < -0.39 is 0 Å². The van der Waals surface area contributed by atoms with Crippen LogP contribution in [0.2, 0.25) is 0 Å². The Labute approximate surface area is 104 Å². The second kappa shape index (κ2) is 4.79. The standard InChI is InChI=1S/C15H22N2/c1-2-6-14(7-3-1)12-17-11-5-9-15(17)8-4-10-16-13-15/h1-3,6-7,16H,4-5,8-13H2/t15-/m0/s1. The van der Waals surface area contributed by atoms with Crippen LogP contribution < -0.4 is 5.32 Å². The molecule has 2 heterocycles. The van der Waals surface area contributed by atoms with Crippen LogP contribution in [0.5, 0.6) is 0 Å². The van der Waals surface area contributed by atoms with Gasteiger partial charge in [-0.15, -0.1) is 0 Å². The topological polar surface area (TPSA) is 15.3 Å². The van der Waals surface area contributed by atoms with Crippen molar-refractivity contribution in [3.05, 3.63) is 35.9 Å². The normalized spacial score (nSPS) is 29.9. The number of hydrogen-bond acceptors (Lipinski definition) is 2. The fraction of sp³-hybridized carbons (Fsp3) is 0.600. The fourth-order valence-electron chi connectivity index (χ4n) is 3.48. The molecule has 0 amide bonds. The average molecular weight is 230 g/mol. The van der Waals surface area contributed by atoms with Crippen LogP contribution in [0.1, 0.15) is 31.2 Å². The fourth-order valence-corrected chi connectivity index (χ4v) is 3.48. The molecule has 0 aromatic heterocycles. The van der Waals surface area contributed by atoms with E-state index in [2.05, 4.69) is 40.5 Å². The third-order valence-corrected chi connectivity index (χ3v) is 4.41. The highest BCUT2D eigenvalue weighted by atomic mass is 15.2. The Morgan fingerprint density at radius 1 is 1.12 bits per heavy atom. The molecule has 2 heteroatoms. The molecule has 2 aliphatic rings. The Hall–Kier alpha value is -0.860. The van der Waals surface area contributed by atoms with Crippen LogP contribution in [0.3, 0.4) is 0 Å². The number of nitrogens with zero attached hydrogens (tertiary/aromatic N) is 1. The second-order valence-corrected chi connectivity index (χ2v) is 5.52. The molecule has 1 N–H and O–H groups in total. The van der Waals surface area contributed by atoms with Gasteiger partial charge < -0.3 is 5.32 Å². The summed E-state index contributed by atoms with van der Waals surface area (Å²) < 4.78 is 0. The zero-order valence-electron chi connectivity index (χ0n) is 10.5. The maximum Gasteiger partial charge on any atom is 0.0338 e. The Kier molecular flexibility index (Phi) is 3.17. The minimum atomic E-state index is 0.466. The van der Waals surface area contributed by atoms with Gasteiger partial charge in [0.15, 0.2) is 0 Å². The van der Waals surface area contributed by atoms with E-state index in [1.54, 1.807) is 0 Å². The van der Waals surface area contributed by atoms with Gasteiger partial charge in [0.1, 0.15) is 0 Å². The van der Waals surface area contributed by atoms with Crippen LogP contribution in [-0.4, -0.2) is 30.1 Å². The Bertz CT molecular complexity index is 354. The molecule has 3 rings (SSSR count). The molecule has 17 heavy (non-hydrogen) atoms. The van der Waals surface area contributed by atoms with Crippen molar-refractivity contribution in [3.8, 4) is 0 Å². The van der Waals surface area contributed by atoms with E-state index in [1.807, 2.05) is 0 Å². The second-order valence-electron chi connectivity index (χ2n) is 5.52. The smallest absolute Gasteiger partial charge is 0.0338 e. The predicted octanol–water partition coefficient (Wildman–Crippen LogP) is 2.40. The molecular formula is C15H22N2. The van der Waals surface area contributed by atoms with Crippen molar-refractivity contribution in [2.75, 3.05) is 19.6 Å². The molecule has 0 radical (unpaired) electrons. The van der Waals surface area contributed by atoms with E-state index in [0.717, 1.165) is 6.54 Å². The van der Waals surface area contributed by atoms with Crippen molar-refractivity contribution in [1.29, 1.82) is 0 Å². The number of benzene rings is 1. The van der Waals surface area contributed by atoms with E-state index >= 15 is 0 Å². The third-order valence-electron chi connectivity index (χ3n) is 4.41. The van der Waals surface area contributed by atoms with Gasteiger partial charge in [-0.3, -0.25) is 4.90 Å². The first-order valence-corrected chi connectivity index (χ1v) is 6.89. The molecule has 2 nitrogen and oxygen atoms in total. The summed E-state index contributed by atoms with van der Waals surface area (Å²) in [6, 6.07) is 10.9. The van der Waals surface area contributed by atoms with Crippen molar-refractivity contribution in [2.45, 2.75) is 37.8 Å². The molecule has 2 aliphatic heterocycles. The first-order valence-electron chi connectivity index (χ1n) is 6.89. The molecule has 1 spiro atoms. The lowest BCUT2D eigenvalue weighted by molar-refractivity contribution is 0.0982. The van der Waals surface area contributed by atoms with Crippen LogP contribution in [0.4, 0.5) is 0 Å². The molecule has 0 bridgehead atoms. The van der Waals surface area contributed by atoms with Gasteiger partial charge in [-0.2, -0.15) is 0 Å². The van der Waals surface area contributed by atoms with Gasteiger partial charge in [-0.1, -0.05) is 30.3 Å². The highest BCUT2D eigenvalue weighted by molar-refractivity contribution is 5.16. The molecule has 1 atom stereocenters. The molecule has 2 saturated heterocycles. The van der Waals surface area contributed by atoms with E-state index in [-0.39, 0.29) is 0 Å². The van der Waals surface area contributed by atoms with Crippen LogP contribution in [0, 0.1) is 0 Å². The predicted molar refractivity (Wildman–Crippen MR) is 70.9 cm³/mol. The van der Waals surface area contributed by atoms with Crippen LogP contribution in [0.15, 0.2) is 30.3 Å². The lowest BCUT2D eigenvalue weighted by atomic mass is 9.87. The Morgan fingerprint density at radius 2 is 1.94 bits per heavy atom. The largest absolute Gasteiger partial charge is 0.315 e. The number of hydrogen-bond donors (Lipinski definition) is 1. The van der Waals surface area contributed by atoms with E-state index in [4.69, 9.17) is 0 Å². The highest BCUT2D eigenvalue weighted by Gasteiger charge is 2.41. The lowest BCUT2D eigenvalue weighted by Gasteiger charge is -2.42. The van der Waals surface area contributed by atoms with Gasteiger partial charge in [0.2, 0.25) is 0 Å². The van der Waals surface area contributed by atoms with Gasteiger partial charge in [0.25, 0.3) is 0 Å².